The summed E-state index contributed by atoms with van der Waals surface area (Å²) in [6.45, 7) is 10.9. The molecule has 6 heteroatoms. The van der Waals surface area contributed by atoms with Crippen LogP contribution in [0.3, 0.4) is 0 Å². The molecule has 0 amide bonds. The molecule has 26 heavy (non-hydrogen) atoms. The van der Waals surface area contributed by atoms with E-state index < -0.39 is 23.3 Å². The first kappa shape index (κ1) is 19.9. The Hall–Kier alpha value is -2.37. The van der Waals surface area contributed by atoms with Gasteiger partial charge in [0.1, 0.15) is 17.8 Å². The summed E-state index contributed by atoms with van der Waals surface area (Å²) in [5, 5.41) is 0. The van der Waals surface area contributed by atoms with Gasteiger partial charge in [0, 0.05) is 13.8 Å². The van der Waals surface area contributed by atoms with Gasteiger partial charge in [-0.3, -0.25) is 9.59 Å². The Kier molecular flexibility index (Phi) is 5.74. The molecule has 6 nitrogen and oxygen atoms in total. The van der Waals surface area contributed by atoms with E-state index in [-0.39, 0.29) is 24.4 Å². The lowest BCUT2D eigenvalue weighted by Gasteiger charge is -2.32. The summed E-state index contributed by atoms with van der Waals surface area (Å²) >= 11 is 0. The summed E-state index contributed by atoms with van der Waals surface area (Å²) in [5.74, 6) is -2.18. The third-order valence-electron chi connectivity index (χ3n) is 4.33. The summed E-state index contributed by atoms with van der Waals surface area (Å²) in [6, 6.07) is 0. The van der Waals surface area contributed by atoms with Gasteiger partial charge in [0.2, 0.25) is 5.79 Å². The molecule has 0 aromatic carbocycles. The molecule has 0 saturated carbocycles. The summed E-state index contributed by atoms with van der Waals surface area (Å²) in [4.78, 5) is 35.7. The number of hydrogen-bond donors (Lipinski definition) is 0. The largest absolute Gasteiger partial charge is 0.456 e. The van der Waals surface area contributed by atoms with E-state index in [9.17, 15) is 14.4 Å². The quantitative estimate of drug-likeness (QED) is 0.409. The molecule has 0 aromatic heterocycles. The normalized spacial score (nSPS) is 27.0. The molecule has 0 aromatic rings. The van der Waals surface area contributed by atoms with Crippen LogP contribution in [0.2, 0.25) is 0 Å². The van der Waals surface area contributed by atoms with Crippen molar-refractivity contribution in [3.05, 3.63) is 36.1 Å². The van der Waals surface area contributed by atoms with Crippen molar-refractivity contribution in [2.75, 3.05) is 0 Å². The second-order valence-electron chi connectivity index (χ2n) is 7.56. The van der Waals surface area contributed by atoms with E-state index in [1.807, 2.05) is 26.0 Å². The molecule has 1 aliphatic heterocycles. The van der Waals surface area contributed by atoms with Crippen LogP contribution in [0, 0.1) is 5.92 Å². The third-order valence-corrected chi connectivity index (χ3v) is 4.33. The van der Waals surface area contributed by atoms with Gasteiger partial charge in [-0.25, -0.2) is 4.79 Å². The first-order chi connectivity index (χ1) is 12.0. The standard InChI is InChI=1S/C20H26O6/c1-13(2)14-6-8-20(5,9-7-14)26-17(22)11-15(21)10-16-12-18(23)25-19(3,4)24-16/h6,8,12,14H,1,7,9-11H2,2-5H3. The third kappa shape index (κ3) is 5.58. The van der Waals surface area contributed by atoms with Crippen LogP contribution in [0.5, 0.6) is 0 Å². The molecule has 2 unspecified atom stereocenters. The lowest BCUT2D eigenvalue weighted by atomic mass is 9.83. The molecule has 1 aliphatic carbocycles. The van der Waals surface area contributed by atoms with E-state index in [0.29, 0.717) is 12.3 Å². The lowest BCUT2D eigenvalue weighted by molar-refractivity contribution is -0.205. The van der Waals surface area contributed by atoms with Crippen molar-refractivity contribution in [2.24, 2.45) is 5.92 Å². The average Bonchev–Trinajstić information content (AvgIpc) is 2.44. The minimum atomic E-state index is -1.12. The Morgan fingerprint density at radius 1 is 1.31 bits per heavy atom. The van der Waals surface area contributed by atoms with Crippen molar-refractivity contribution >= 4 is 17.7 Å². The maximum absolute atomic E-state index is 12.1. The van der Waals surface area contributed by atoms with Crippen molar-refractivity contribution in [3.8, 4) is 0 Å². The highest BCUT2D eigenvalue weighted by Crippen LogP contribution is 2.32. The van der Waals surface area contributed by atoms with Gasteiger partial charge in [-0.05, 0) is 38.7 Å². The molecule has 0 radical (unpaired) electrons. The van der Waals surface area contributed by atoms with Crippen LogP contribution >= 0.6 is 0 Å². The zero-order chi connectivity index (χ0) is 19.5. The highest BCUT2D eigenvalue weighted by atomic mass is 16.7. The van der Waals surface area contributed by atoms with E-state index >= 15 is 0 Å². The van der Waals surface area contributed by atoms with Gasteiger partial charge in [0.05, 0.1) is 12.5 Å². The van der Waals surface area contributed by atoms with Gasteiger partial charge in [0.25, 0.3) is 0 Å². The van der Waals surface area contributed by atoms with Gasteiger partial charge in [-0.2, -0.15) is 0 Å². The fourth-order valence-electron chi connectivity index (χ4n) is 3.01. The highest BCUT2D eigenvalue weighted by molar-refractivity contribution is 5.97. The number of allylic oxidation sites excluding steroid dienone is 3. The fraction of sp³-hybridized carbons (Fsp3) is 0.550. The van der Waals surface area contributed by atoms with Gasteiger partial charge >= 0.3 is 11.9 Å². The monoisotopic (exact) mass is 362 g/mol. The zero-order valence-electron chi connectivity index (χ0n) is 15.8. The minimum absolute atomic E-state index is 0.155. The Morgan fingerprint density at radius 2 is 2.00 bits per heavy atom. The number of hydrogen-bond acceptors (Lipinski definition) is 6. The molecule has 2 atom stereocenters. The predicted molar refractivity (Wildman–Crippen MR) is 94.8 cm³/mol. The lowest BCUT2D eigenvalue weighted by Crippen LogP contribution is -2.35. The Bertz CT molecular complexity index is 684. The highest BCUT2D eigenvalue weighted by Gasteiger charge is 2.33. The second kappa shape index (κ2) is 7.48. The van der Waals surface area contributed by atoms with E-state index in [1.54, 1.807) is 13.8 Å². The second-order valence-corrected chi connectivity index (χ2v) is 7.56. The van der Waals surface area contributed by atoms with Crippen LogP contribution in [0.25, 0.3) is 0 Å². The molecular formula is C20H26O6. The molecule has 0 spiro atoms. The van der Waals surface area contributed by atoms with Gasteiger partial charge < -0.3 is 14.2 Å². The number of ether oxygens (including phenoxy) is 3. The van der Waals surface area contributed by atoms with Gasteiger partial charge in [-0.1, -0.05) is 18.2 Å². The van der Waals surface area contributed by atoms with Crippen LogP contribution in [-0.4, -0.2) is 29.1 Å². The van der Waals surface area contributed by atoms with Crippen molar-refractivity contribution in [2.45, 2.75) is 64.8 Å². The van der Waals surface area contributed by atoms with Crippen molar-refractivity contribution in [3.63, 3.8) is 0 Å². The minimum Gasteiger partial charge on any atom is -0.456 e. The molecule has 0 N–H and O–H groups in total. The maximum Gasteiger partial charge on any atom is 0.337 e. The average molecular weight is 362 g/mol. The van der Waals surface area contributed by atoms with Crippen molar-refractivity contribution < 1.29 is 28.6 Å². The number of ketones is 1. The van der Waals surface area contributed by atoms with Gasteiger partial charge in [0.15, 0.2) is 5.78 Å². The van der Waals surface area contributed by atoms with Crippen LogP contribution in [0.15, 0.2) is 36.1 Å². The number of carbonyl (C=O) groups excluding carboxylic acids is 3. The topological polar surface area (TPSA) is 78.9 Å². The predicted octanol–water partition coefficient (Wildman–Crippen LogP) is 3.37. The summed E-state index contributed by atoms with van der Waals surface area (Å²) in [6.07, 6.45) is 5.98. The Labute approximate surface area is 153 Å². The van der Waals surface area contributed by atoms with Crippen LogP contribution in [0.1, 0.15) is 53.4 Å². The van der Waals surface area contributed by atoms with E-state index in [4.69, 9.17) is 14.2 Å². The summed E-state index contributed by atoms with van der Waals surface area (Å²) in [7, 11) is 0. The van der Waals surface area contributed by atoms with E-state index in [0.717, 1.165) is 18.1 Å². The van der Waals surface area contributed by atoms with E-state index in [2.05, 4.69) is 6.58 Å². The smallest absolute Gasteiger partial charge is 0.337 e. The molecule has 142 valence electrons. The molecular weight excluding hydrogens is 336 g/mol. The first-order valence-electron chi connectivity index (χ1n) is 8.69. The summed E-state index contributed by atoms with van der Waals surface area (Å²) in [5.41, 5.74) is 0.363. The SMILES string of the molecule is C=C(C)C1C=CC(C)(OC(=O)CC(=O)CC2=CC(=O)OC(C)(C)O2)CC1. The number of Topliss-reactive ketones (excluding diaryl/α,β-unsaturated/α-hetero) is 1. The number of carbonyl (C=O) groups is 3. The molecule has 2 rings (SSSR count). The molecule has 1 heterocycles. The number of cyclic esters (lactones) is 1. The van der Waals surface area contributed by atoms with Crippen LogP contribution < -0.4 is 0 Å². The molecule has 0 saturated heterocycles. The fourth-order valence-corrected chi connectivity index (χ4v) is 3.01. The van der Waals surface area contributed by atoms with Crippen LogP contribution in [0.4, 0.5) is 0 Å². The molecule has 0 bridgehead atoms. The van der Waals surface area contributed by atoms with Crippen molar-refractivity contribution in [1.29, 1.82) is 0 Å². The van der Waals surface area contributed by atoms with Crippen LogP contribution in [-0.2, 0) is 28.6 Å². The number of esters is 2. The molecule has 2 aliphatic rings. The van der Waals surface area contributed by atoms with Gasteiger partial charge in [-0.15, -0.1) is 0 Å². The zero-order valence-corrected chi connectivity index (χ0v) is 15.8. The Balaban J connectivity index is 1.88. The molecule has 0 fully saturated rings. The summed E-state index contributed by atoms with van der Waals surface area (Å²) < 4.78 is 15.9. The maximum atomic E-state index is 12.1. The van der Waals surface area contributed by atoms with E-state index in [1.165, 1.54) is 0 Å². The number of rotatable bonds is 6. The van der Waals surface area contributed by atoms with Crippen molar-refractivity contribution in [1.82, 2.24) is 0 Å². The first-order valence-corrected chi connectivity index (χ1v) is 8.69. The Morgan fingerprint density at radius 3 is 2.54 bits per heavy atom.